The Kier molecular flexibility index (Phi) is 3.54. The molecular weight excluding hydrogens is 342 g/mol. The molecule has 0 aliphatic heterocycles. The lowest BCUT2D eigenvalue weighted by atomic mass is 10.1. The minimum Gasteiger partial charge on any atom is -0.408 e. The van der Waals surface area contributed by atoms with Crippen LogP contribution in [0.4, 0.5) is 0 Å². The van der Waals surface area contributed by atoms with E-state index in [0.717, 1.165) is 14.2 Å². The number of aliphatic hydroxyl groups is 1. The summed E-state index contributed by atoms with van der Waals surface area (Å²) in [6, 6.07) is 9.13. The number of oxazole rings is 1. The third-order valence-corrected chi connectivity index (χ3v) is 4.86. The molecule has 3 aromatic rings. The fraction of sp³-hybridized carbons (Fsp3) is 0.214. The summed E-state index contributed by atoms with van der Waals surface area (Å²) < 4.78 is 7.74. The fourth-order valence-electron chi connectivity index (χ4n) is 2.19. The predicted octanol–water partition coefficient (Wildman–Crippen LogP) is 3.52. The molecule has 1 N–H and O–H groups in total. The van der Waals surface area contributed by atoms with E-state index < -0.39 is 6.10 Å². The monoisotopic (exact) mass is 353 g/mol. The highest BCUT2D eigenvalue weighted by Gasteiger charge is 2.15. The molecule has 0 amide bonds. The lowest BCUT2D eigenvalue weighted by molar-refractivity contribution is 0.224. The van der Waals surface area contributed by atoms with Gasteiger partial charge >= 0.3 is 5.76 Å². The quantitative estimate of drug-likeness (QED) is 0.783. The average molecular weight is 354 g/mol. The first-order valence-electron chi connectivity index (χ1n) is 6.16. The summed E-state index contributed by atoms with van der Waals surface area (Å²) in [6.45, 7) is 2.45. The molecule has 20 heavy (non-hydrogen) atoms. The van der Waals surface area contributed by atoms with Gasteiger partial charge in [0.2, 0.25) is 0 Å². The molecule has 1 aromatic carbocycles. The van der Waals surface area contributed by atoms with Crippen molar-refractivity contribution < 1.29 is 9.52 Å². The van der Waals surface area contributed by atoms with Gasteiger partial charge in [0.1, 0.15) is 6.10 Å². The predicted molar refractivity (Wildman–Crippen MR) is 82.2 cm³/mol. The zero-order valence-corrected chi connectivity index (χ0v) is 13.1. The number of thiophene rings is 1. The van der Waals surface area contributed by atoms with Crippen molar-refractivity contribution in [3.8, 4) is 0 Å². The van der Waals surface area contributed by atoms with E-state index in [1.807, 2.05) is 31.2 Å². The molecule has 0 radical (unpaired) electrons. The molecular formula is C14H12BrNO3S. The second-order valence-corrected chi connectivity index (χ2v) is 6.88. The first kappa shape index (κ1) is 13.6. The minimum absolute atomic E-state index is 0.368. The lowest BCUT2D eigenvalue weighted by Gasteiger charge is -2.08. The van der Waals surface area contributed by atoms with Crippen molar-refractivity contribution in [2.24, 2.45) is 0 Å². The molecule has 1 unspecified atom stereocenters. The van der Waals surface area contributed by atoms with Crippen LogP contribution in [-0.2, 0) is 6.54 Å². The summed E-state index contributed by atoms with van der Waals surface area (Å²) in [6.07, 6.45) is -0.717. The smallest absolute Gasteiger partial charge is 0.408 e. The largest absolute Gasteiger partial charge is 0.419 e. The van der Waals surface area contributed by atoms with E-state index in [2.05, 4.69) is 15.9 Å². The van der Waals surface area contributed by atoms with Gasteiger partial charge in [-0.2, -0.15) is 0 Å². The summed E-state index contributed by atoms with van der Waals surface area (Å²) in [4.78, 5) is 12.5. The lowest BCUT2D eigenvalue weighted by Crippen LogP contribution is -2.11. The maximum absolute atomic E-state index is 11.7. The van der Waals surface area contributed by atoms with Crippen LogP contribution >= 0.6 is 27.3 Å². The molecule has 3 rings (SSSR count). The maximum Gasteiger partial charge on any atom is 0.419 e. The van der Waals surface area contributed by atoms with E-state index >= 15 is 0 Å². The van der Waals surface area contributed by atoms with Crippen molar-refractivity contribution in [2.45, 2.75) is 19.6 Å². The maximum atomic E-state index is 11.7. The zero-order chi connectivity index (χ0) is 14.3. The molecule has 6 heteroatoms. The number of aryl methyl sites for hydroxylation is 1. The average Bonchev–Trinajstić information content (AvgIpc) is 2.99. The van der Waals surface area contributed by atoms with Gasteiger partial charge in [-0.15, -0.1) is 11.3 Å². The molecule has 0 saturated carbocycles. The van der Waals surface area contributed by atoms with Crippen LogP contribution in [0.1, 0.15) is 23.5 Å². The number of hydrogen-bond acceptors (Lipinski definition) is 4. The van der Waals surface area contributed by atoms with Crippen LogP contribution in [0, 0.1) is 0 Å². The molecule has 0 fully saturated rings. The SMILES string of the molecule is CCn1c(=O)oc2cc(C(O)c3ccc(Br)s3)ccc21. The van der Waals surface area contributed by atoms with Crippen LogP contribution in [-0.4, -0.2) is 9.67 Å². The van der Waals surface area contributed by atoms with Gasteiger partial charge in [0.25, 0.3) is 0 Å². The zero-order valence-electron chi connectivity index (χ0n) is 10.7. The standard InChI is InChI=1S/C14H12BrNO3S/c1-2-16-9-4-3-8(7-10(9)19-14(16)18)13(17)11-5-6-12(15)20-11/h3-7,13,17H,2H2,1H3. The topological polar surface area (TPSA) is 55.4 Å². The van der Waals surface area contributed by atoms with Gasteiger partial charge in [0.05, 0.1) is 9.30 Å². The highest BCUT2D eigenvalue weighted by Crippen LogP contribution is 2.32. The number of benzene rings is 1. The molecule has 2 aromatic heterocycles. The van der Waals surface area contributed by atoms with Crippen LogP contribution in [0.15, 0.2) is 43.3 Å². The Labute approximate surface area is 127 Å². The number of fused-ring (bicyclic) bond motifs is 1. The first-order valence-corrected chi connectivity index (χ1v) is 7.77. The summed E-state index contributed by atoms with van der Waals surface area (Å²) in [7, 11) is 0. The fourth-order valence-corrected chi connectivity index (χ4v) is 3.63. The molecule has 2 heterocycles. The third-order valence-electron chi connectivity index (χ3n) is 3.19. The van der Waals surface area contributed by atoms with Crippen molar-refractivity contribution in [3.05, 3.63) is 55.1 Å². The number of aliphatic hydroxyl groups excluding tert-OH is 1. The summed E-state index contributed by atoms with van der Waals surface area (Å²) in [5.74, 6) is -0.368. The van der Waals surface area contributed by atoms with Crippen LogP contribution in [0.3, 0.4) is 0 Å². The third kappa shape index (κ3) is 2.24. The number of halogens is 1. The normalized spacial score (nSPS) is 12.9. The Balaban J connectivity index is 2.07. The highest BCUT2D eigenvalue weighted by atomic mass is 79.9. The Bertz CT molecular complexity index is 817. The van der Waals surface area contributed by atoms with Crippen LogP contribution < -0.4 is 5.76 Å². The van der Waals surface area contributed by atoms with Crippen LogP contribution in [0.25, 0.3) is 11.1 Å². The van der Waals surface area contributed by atoms with Gasteiger partial charge < -0.3 is 9.52 Å². The molecule has 1 atom stereocenters. The molecule has 0 saturated heterocycles. The van der Waals surface area contributed by atoms with Gasteiger partial charge in [-0.1, -0.05) is 6.07 Å². The van der Waals surface area contributed by atoms with Crippen molar-refractivity contribution in [1.29, 1.82) is 0 Å². The van der Waals surface area contributed by atoms with Crippen molar-refractivity contribution >= 4 is 38.4 Å². The van der Waals surface area contributed by atoms with Gasteiger partial charge in [-0.3, -0.25) is 4.57 Å². The van der Waals surface area contributed by atoms with Gasteiger partial charge in [0, 0.05) is 11.4 Å². The number of nitrogens with zero attached hydrogens (tertiary/aromatic N) is 1. The second-order valence-electron chi connectivity index (χ2n) is 4.38. The molecule has 0 aliphatic carbocycles. The molecule has 4 nitrogen and oxygen atoms in total. The first-order chi connectivity index (χ1) is 9.60. The minimum atomic E-state index is -0.717. The number of hydrogen-bond donors (Lipinski definition) is 1. The highest BCUT2D eigenvalue weighted by molar-refractivity contribution is 9.11. The van der Waals surface area contributed by atoms with Crippen molar-refractivity contribution in [2.75, 3.05) is 0 Å². The Morgan fingerprint density at radius 2 is 2.20 bits per heavy atom. The van der Waals surface area contributed by atoms with E-state index in [9.17, 15) is 9.90 Å². The van der Waals surface area contributed by atoms with Crippen LogP contribution in [0.2, 0.25) is 0 Å². The summed E-state index contributed by atoms with van der Waals surface area (Å²) in [5, 5.41) is 10.4. The molecule has 0 bridgehead atoms. The number of aromatic nitrogens is 1. The van der Waals surface area contributed by atoms with E-state index in [0.29, 0.717) is 17.7 Å². The summed E-state index contributed by atoms with van der Waals surface area (Å²) >= 11 is 4.86. The second kappa shape index (κ2) is 5.20. The van der Waals surface area contributed by atoms with E-state index in [4.69, 9.17) is 4.42 Å². The van der Waals surface area contributed by atoms with Crippen molar-refractivity contribution in [3.63, 3.8) is 0 Å². The summed E-state index contributed by atoms with van der Waals surface area (Å²) in [5.41, 5.74) is 1.97. The number of rotatable bonds is 3. The van der Waals surface area contributed by atoms with Gasteiger partial charge in [-0.25, -0.2) is 4.79 Å². The van der Waals surface area contributed by atoms with Gasteiger partial charge in [-0.05, 0) is 52.7 Å². The van der Waals surface area contributed by atoms with Gasteiger partial charge in [0.15, 0.2) is 5.58 Å². The Hall–Kier alpha value is -1.37. The van der Waals surface area contributed by atoms with E-state index in [1.54, 1.807) is 10.6 Å². The van der Waals surface area contributed by atoms with Crippen LogP contribution in [0.5, 0.6) is 0 Å². The molecule has 0 spiro atoms. The van der Waals surface area contributed by atoms with Crippen molar-refractivity contribution in [1.82, 2.24) is 4.57 Å². The van der Waals surface area contributed by atoms with E-state index in [-0.39, 0.29) is 5.76 Å². The molecule has 104 valence electrons. The molecule has 0 aliphatic rings. The van der Waals surface area contributed by atoms with E-state index in [1.165, 1.54) is 11.3 Å². The Morgan fingerprint density at radius 3 is 2.85 bits per heavy atom. The Morgan fingerprint density at radius 1 is 1.40 bits per heavy atom.